The van der Waals surface area contributed by atoms with Crippen LogP contribution in [0.3, 0.4) is 0 Å². The number of urea groups is 1. The predicted octanol–water partition coefficient (Wildman–Crippen LogP) is 2.52. The molecule has 0 aliphatic rings. The molecule has 0 aliphatic carbocycles. The average Bonchev–Trinajstić information content (AvgIpc) is 2.62. The number of hydrogen-bond acceptors (Lipinski definition) is 5. The molecule has 134 valence electrons. The molecule has 2 aromatic rings. The molecule has 1 atom stereocenters. The summed E-state index contributed by atoms with van der Waals surface area (Å²) in [5.41, 5.74) is 1.52. The Kier molecular flexibility index (Phi) is 6.59. The summed E-state index contributed by atoms with van der Waals surface area (Å²) in [5.74, 6) is 1.16. The molecule has 2 amide bonds. The molecule has 0 fully saturated rings. The summed E-state index contributed by atoms with van der Waals surface area (Å²) in [7, 11) is 7.07. The largest absolute Gasteiger partial charge is 0.496 e. The third-order valence-electron chi connectivity index (χ3n) is 3.79. The normalized spacial score (nSPS) is 11.7. The Morgan fingerprint density at radius 1 is 1.16 bits per heavy atom. The summed E-state index contributed by atoms with van der Waals surface area (Å²) >= 11 is 0. The summed E-state index contributed by atoms with van der Waals surface area (Å²) in [5, 5.41) is 5.63. The van der Waals surface area contributed by atoms with E-state index in [4.69, 9.17) is 9.47 Å². The Bertz CT molecular complexity index is 706. The highest BCUT2D eigenvalue weighted by atomic mass is 16.5. The van der Waals surface area contributed by atoms with Crippen molar-refractivity contribution < 1.29 is 14.3 Å². The van der Waals surface area contributed by atoms with Gasteiger partial charge < -0.3 is 25.0 Å². The number of pyridine rings is 1. The van der Waals surface area contributed by atoms with Crippen molar-refractivity contribution in [2.45, 2.75) is 6.04 Å². The van der Waals surface area contributed by atoms with Gasteiger partial charge in [0.25, 0.3) is 0 Å². The smallest absolute Gasteiger partial charge is 0.319 e. The third kappa shape index (κ3) is 4.84. The van der Waals surface area contributed by atoms with Crippen molar-refractivity contribution in [2.75, 3.05) is 40.2 Å². The number of rotatable bonds is 7. The van der Waals surface area contributed by atoms with Crippen LogP contribution < -0.4 is 20.1 Å². The first-order chi connectivity index (χ1) is 12.1. The van der Waals surface area contributed by atoms with Gasteiger partial charge in [-0.3, -0.25) is 0 Å². The molecule has 1 unspecified atom stereocenters. The first kappa shape index (κ1) is 18.5. The zero-order chi connectivity index (χ0) is 18.2. The van der Waals surface area contributed by atoms with E-state index < -0.39 is 0 Å². The van der Waals surface area contributed by atoms with Crippen LogP contribution in [0.25, 0.3) is 0 Å². The maximum absolute atomic E-state index is 12.2. The number of nitrogens with zero attached hydrogens (tertiary/aromatic N) is 2. The molecule has 2 rings (SSSR count). The van der Waals surface area contributed by atoms with Crippen LogP contribution in [-0.2, 0) is 0 Å². The van der Waals surface area contributed by atoms with E-state index in [1.54, 1.807) is 25.4 Å². The Balaban J connectivity index is 2.05. The van der Waals surface area contributed by atoms with Gasteiger partial charge in [-0.1, -0.05) is 18.2 Å². The van der Waals surface area contributed by atoms with Gasteiger partial charge in [0.05, 0.1) is 20.3 Å². The lowest BCUT2D eigenvalue weighted by atomic mass is 10.0. The number of methoxy groups -OCH3 is 2. The van der Waals surface area contributed by atoms with Crippen molar-refractivity contribution in [3.8, 4) is 11.6 Å². The van der Waals surface area contributed by atoms with Crippen LogP contribution in [0.4, 0.5) is 10.5 Å². The van der Waals surface area contributed by atoms with Gasteiger partial charge in [-0.25, -0.2) is 9.78 Å². The van der Waals surface area contributed by atoms with Crippen LogP contribution in [0.5, 0.6) is 11.6 Å². The molecule has 1 heterocycles. The highest BCUT2D eigenvalue weighted by Crippen LogP contribution is 2.27. The maximum atomic E-state index is 12.2. The molecule has 2 N–H and O–H groups in total. The van der Waals surface area contributed by atoms with Gasteiger partial charge in [0.15, 0.2) is 0 Å². The summed E-state index contributed by atoms with van der Waals surface area (Å²) in [6, 6.07) is 10.9. The zero-order valence-electron chi connectivity index (χ0n) is 14.9. The highest BCUT2D eigenvalue weighted by molar-refractivity contribution is 5.90. The fourth-order valence-corrected chi connectivity index (χ4v) is 2.52. The van der Waals surface area contributed by atoms with Crippen molar-refractivity contribution in [2.24, 2.45) is 0 Å². The number of nitrogens with one attached hydrogen (secondary N) is 2. The Hall–Kier alpha value is -2.80. The van der Waals surface area contributed by atoms with Crippen LogP contribution in [0.2, 0.25) is 0 Å². The summed E-state index contributed by atoms with van der Waals surface area (Å²) in [6.45, 7) is 0.418. The topological polar surface area (TPSA) is 75.7 Å². The summed E-state index contributed by atoms with van der Waals surface area (Å²) < 4.78 is 10.6. The Morgan fingerprint density at radius 3 is 2.60 bits per heavy atom. The van der Waals surface area contributed by atoms with Crippen LogP contribution in [0, 0.1) is 0 Å². The van der Waals surface area contributed by atoms with Crippen LogP contribution >= 0.6 is 0 Å². The molecule has 0 spiro atoms. The van der Waals surface area contributed by atoms with E-state index in [1.165, 1.54) is 7.11 Å². The minimum atomic E-state index is -0.326. The number of hydrogen-bond donors (Lipinski definition) is 2. The predicted molar refractivity (Wildman–Crippen MR) is 97.2 cm³/mol. The number of carbonyl (C=O) groups is 1. The van der Waals surface area contributed by atoms with E-state index in [-0.39, 0.29) is 12.1 Å². The van der Waals surface area contributed by atoms with Gasteiger partial charge in [0, 0.05) is 18.3 Å². The standard InChI is InChI=1S/C18H24N4O3/c1-22(2)15(13-8-5-6-10-16(13)24-3)12-20-18(23)21-14-9-7-11-19-17(14)25-4/h5-11,15H,12H2,1-4H3,(H2,20,21,23). The minimum Gasteiger partial charge on any atom is -0.496 e. The number of amides is 2. The second-order valence-electron chi connectivity index (χ2n) is 5.62. The lowest BCUT2D eigenvalue weighted by Gasteiger charge is -2.26. The third-order valence-corrected chi connectivity index (χ3v) is 3.79. The molecular weight excluding hydrogens is 320 g/mol. The van der Waals surface area contributed by atoms with E-state index in [0.29, 0.717) is 18.1 Å². The van der Waals surface area contributed by atoms with Crippen LogP contribution in [0.1, 0.15) is 11.6 Å². The van der Waals surface area contributed by atoms with Gasteiger partial charge in [-0.05, 0) is 32.3 Å². The molecule has 0 radical (unpaired) electrons. The molecule has 7 nitrogen and oxygen atoms in total. The van der Waals surface area contributed by atoms with E-state index >= 15 is 0 Å². The quantitative estimate of drug-likeness (QED) is 0.807. The number of anilines is 1. The molecule has 0 saturated carbocycles. The van der Waals surface area contributed by atoms with E-state index in [2.05, 4.69) is 15.6 Å². The number of ether oxygens (including phenoxy) is 2. The van der Waals surface area contributed by atoms with Gasteiger partial charge in [0.2, 0.25) is 5.88 Å². The van der Waals surface area contributed by atoms with Crippen LogP contribution in [-0.4, -0.2) is 50.8 Å². The fourth-order valence-electron chi connectivity index (χ4n) is 2.52. The first-order valence-electron chi connectivity index (χ1n) is 7.90. The molecule has 1 aromatic heterocycles. The molecule has 0 saturated heterocycles. The number of likely N-dealkylation sites (N-methyl/N-ethyl adjacent to an activating group) is 1. The monoisotopic (exact) mass is 344 g/mol. The van der Waals surface area contributed by atoms with E-state index in [0.717, 1.165) is 11.3 Å². The van der Waals surface area contributed by atoms with Gasteiger partial charge in [-0.2, -0.15) is 0 Å². The summed E-state index contributed by atoms with van der Waals surface area (Å²) in [4.78, 5) is 18.3. The lowest BCUT2D eigenvalue weighted by molar-refractivity contribution is 0.242. The number of para-hydroxylation sites is 1. The molecule has 1 aromatic carbocycles. The first-order valence-corrected chi connectivity index (χ1v) is 7.90. The van der Waals surface area contributed by atoms with Gasteiger partial charge >= 0.3 is 6.03 Å². The average molecular weight is 344 g/mol. The molecular formula is C18H24N4O3. The van der Waals surface area contributed by atoms with Crippen molar-refractivity contribution in [3.63, 3.8) is 0 Å². The number of benzene rings is 1. The van der Waals surface area contributed by atoms with Crippen molar-refractivity contribution in [1.29, 1.82) is 0 Å². The SMILES string of the molecule is COc1ccccc1C(CNC(=O)Nc1cccnc1OC)N(C)C. The van der Waals surface area contributed by atoms with E-state index in [9.17, 15) is 4.79 Å². The second-order valence-corrected chi connectivity index (χ2v) is 5.62. The summed E-state index contributed by atoms with van der Waals surface area (Å²) in [6.07, 6.45) is 1.60. The zero-order valence-corrected chi connectivity index (χ0v) is 14.9. The van der Waals surface area contributed by atoms with Crippen molar-refractivity contribution in [3.05, 3.63) is 48.2 Å². The minimum absolute atomic E-state index is 0.0299. The highest BCUT2D eigenvalue weighted by Gasteiger charge is 2.19. The Labute approximate surface area is 148 Å². The lowest BCUT2D eigenvalue weighted by Crippen LogP contribution is -2.37. The van der Waals surface area contributed by atoms with Crippen LogP contribution in [0.15, 0.2) is 42.6 Å². The number of aromatic nitrogens is 1. The maximum Gasteiger partial charge on any atom is 0.319 e. The number of carbonyl (C=O) groups excluding carboxylic acids is 1. The molecule has 0 bridgehead atoms. The van der Waals surface area contributed by atoms with E-state index in [1.807, 2.05) is 43.3 Å². The molecule has 7 heteroatoms. The van der Waals surface area contributed by atoms with Gasteiger partial charge in [0.1, 0.15) is 11.4 Å². The Morgan fingerprint density at radius 2 is 1.92 bits per heavy atom. The van der Waals surface area contributed by atoms with Crippen molar-refractivity contribution >= 4 is 11.7 Å². The van der Waals surface area contributed by atoms with Crippen molar-refractivity contribution in [1.82, 2.24) is 15.2 Å². The second kappa shape index (κ2) is 8.89. The molecule has 25 heavy (non-hydrogen) atoms. The fraction of sp³-hybridized carbons (Fsp3) is 0.333. The van der Waals surface area contributed by atoms with Gasteiger partial charge in [-0.15, -0.1) is 0 Å². The molecule has 0 aliphatic heterocycles.